The summed E-state index contributed by atoms with van der Waals surface area (Å²) in [6.07, 6.45) is 10.4. The standard InChI is InChI=1S/C28H41N3O2/c1-7-9-23(12-14-29)21-30(25-10-11-26-24(18-25)13-17-33-26)15-8-16-31(20-22(2)3)27(32)19-28(4,5)6/h7,9-14,17-18,22H,1,8,15-16,19-21,29H2,2-6H3/b14-12-,23-9+. The zero-order valence-corrected chi connectivity index (χ0v) is 21.0. The molecule has 0 bridgehead atoms. The Bertz CT molecular complexity index is 963. The van der Waals surface area contributed by atoms with Gasteiger partial charge in [-0.05, 0) is 59.9 Å². The first-order valence-corrected chi connectivity index (χ1v) is 11.8. The van der Waals surface area contributed by atoms with Crippen molar-refractivity contribution in [3.05, 3.63) is 67.1 Å². The first-order chi connectivity index (χ1) is 15.6. The van der Waals surface area contributed by atoms with Crippen LogP contribution in [0.15, 0.2) is 71.5 Å². The summed E-state index contributed by atoms with van der Waals surface area (Å²) in [5.41, 5.74) is 8.71. The van der Waals surface area contributed by atoms with E-state index in [1.165, 1.54) is 0 Å². The molecule has 1 heterocycles. The summed E-state index contributed by atoms with van der Waals surface area (Å²) >= 11 is 0. The molecule has 0 aliphatic heterocycles. The number of carbonyl (C=O) groups excluding carboxylic acids is 1. The first kappa shape index (κ1) is 26.3. The maximum atomic E-state index is 13.0. The fourth-order valence-electron chi connectivity index (χ4n) is 3.88. The molecular formula is C28H41N3O2. The topological polar surface area (TPSA) is 62.7 Å². The highest BCUT2D eigenvalue weighted by atomic mass is 16.3. The summed E-state index contributed by atoms with van der Waals surface area (Å²) in [5, 5.41) is 1.07. The Morgan fingerprint density at radius 2 is 1.97 bits per heavy atom. The molecule has 2 rings (SSSR count). The van der Waals surface area contributed by atoms with Gasteiger partial charge in [0.2, 0.25) is 5.91 Å². The van der Waals surface area contributed by atoms with E-state index in [0.29, 0.717) is 18.9 Å². The minimum atomic E-state index is -0.0166. The Labute approximate surface area is 199 Å². The zero-order chi connectivity index (χ0) is 24.4. The third-order valence-corrected chi connectivity index (χ3v) is 5.29. The summed E-state index contributed by atoms with van der Waals surface area (Å²) in [5.74, 6) is 0.672. The fourth-order valence-corrected chi connectivity index (χ4v) is 3.88. The molecule has 2 aromatic rings. The molecule has 0 aliphatic carbocycles. The molecule has 180 valence electrons. The highest BCUT2D eigenvalue weighted by Gasteiger charge is 2.22. The smallest absolute Gasteiger partial charge is 0.223 e. The second-order valence-electron chi connectivity index (χ2n) is 10.2. The van der Waals surface area contributed by atoms with E-state index in [-0.39, 0.29) is 11.3 Å². The van der Waals surface area contributed by atoms with E-state index in [1.807, 2.05) is 29.2 Å². The summed E-state index contributed by atoms with van der Waals surface area (Å²) in [6.45, 7) is 17.5. The van der Waals surface area contributed by atoms with Crippen LogP contribution in [0.2, 0.25) is 0 Å². The lowest BCUT2D eigenvalue weighted by molar-refractivity contribution is -0.133. The number of nitrogens with zero attached hydrogens (tertiary/aromatic N) is 2. The number of nitrogens with two attached hydrogens (primary N) is 1. The molecule has 1 aromatic heterocycles. The number of hydrogen-bond donors (Lipinski definition) is 1. The molecule has 0 atom stereocenters. The van der Waals surface area contributed by atoms with E-state index in [9.17, 15) is 4.79 Å². The van der Waals surface area contributed by atoms with Gasteiger partial charge >= 0.3 is 0 Å². The van der Waals surface area contributed by atoms with Crippen molar-refractivity contribution in [1.29, 1.82) is 0 Å². The Morgan fingerprint density at radius 1 is 1.21 bits per heavy atom. The lowest BCUT2D eigenvalue weighted by Crippen LogP contribution is -2.38. The molecule has 0 spiro atoms. The fraction of sp³-hybridized carbons (Fsp3) is 0.464. The molecule has 33 heavy (non-hydrogen) atoms. The summed E-state index contributed by atoms with van der Waals surface area (Å²) in [4.78, 5) is 17.3. The Morgan fingerprint density at radius 3 is 2.61 bits per heavy atom. The minimum Gasteiger partial charge on any atom is -0.464 e. The van der Waals surface area contributed by atoms with E-state index >= 15 is 0 Å². The van der Waals surface area contributed by atoms with Gasteiger partial charge in [-0.2, -0.15) is 0 Å². The quantitative estimate of drug-likeness (QED) is 0.394. The Kier molecular flexibility index (Phi) is 9.83. The third-order valence-electron chi connectivity index (χ3n) is 5.29. The SMILES string of the molecule is C=C/C=C(\C=C/N)CN(CCCN(CC(C)C)C(=O)CC(C)(C)C)c1ccc2occc2c1. The van der Waals surface area contributed by atoms with Gasteiger partial charge in [-0.15, -0.1) is 0 Å². The number of amides is 1. The predicted molar refractivity (Wildman–Crippen MR) is 140 cm³/mol. The molecule has 1 aromatic carbocycles. The number of hydrogen-bond acceptors (Lipinski definition) is 4. The van der Waals surface area contributed by atoms with Gasteiger partial charge in [0.1, 0.15) is 5.58 Å². The van der Waals surface area contributed by atoms with E-state index in [0.717, 1.165) is 48.3 Å². The Balaban J connectivity index is 2.19. The van der Waals surface area contributed by atoms with E-state index in [4.69, 9.17) is 10.2 Å². The number of carbonyl (C=O) groups is 1. The van der Waals surface area contributed by atoms with Crippen molar-refractivity contribution < 1.29 is 9.21 Å². The van der Waals surface area contributed by atoms with Crippen LogP contribution in [0.25, 0.3) is 11.0 Å². The molecule has 0 radical (unpaired) electrons. The molecule has 5 heteroatoms. The molecule has 0 unspecified atom stereocenters. The van der Waals surface area contributed by atoms with Crippen molar-refractivity contribution in [3.8, 4) is 0 Å². The summed E-state index contributed by atoms with van der Waals surface area (Å²) in [6, 6.07) is 8.21. The second kappa shape index (κ2) is 12.3. The molecule has 0 aliphatic rings. The normalized spacial score (nSPS) is 12.6. The van der Waals surface area contributed by atoms with Crippen molar-refractivity contribution in [3.63, 3.8) is 0 Å². The van der Waals surface area contributed by atoms with Gasteiger partial charge in [0.05, 0.1) is 6.26 Å². The largest absolute Gasteiger partial charge is 0.464 e. The van der Waals surface area contributed by atoms with Crippen LogP contribution in [-0.4, -0.2) is 37.0 Å². The van der Waals surface area contributed by atoms with Crippen LogP contribution in [0.3, 0.4) is 0 Å². The van der Waals surface area contributed by atoms with Crippen molar-refractivity contribution in [2.75, 3.05) is 31.1 Å². The summed E-state index contributed by atoms with van der Waals surface area (Å²) < 4.78 is 5.51. The van der Waals surface area contributed by atoms with Gasteiger partial charge in [0.25, 0.3) is 0 Å². The van der Waals surface area contributed by atoms with E-state index < -0.39 is 0 Å². The third kappa shape index (κ3) is 8.83. The average molecular weight is 452 g/mol. The van der Waals surface area contributed by atoms with Crippen molar-refractivity contribution in [1.82, 2.24) is 4.90 Å². The number of fused-ring (bicyclic) bond motifs is 1. The predicted octanol–water partition coefficient (Wildman–Crippen LogP) is 6.13. The molecule has 0 saturated heterocycles. The van der Waals surface area contributed by atoms with Crippen LogP contribution in [0, 0.1) is 11.3 Å². The molecule has 5 nitrogen and oxygen atoms in total. The summed E-state index contributed by atoms with van der Waals surface area (Å²) in [7, 11) is 0. The van der Waals surface area contributed by atoms with Crippen LogP contribution < -0.4 is 10.6 Å². The van der Waals surface area contributed by atoms with E-state index in [2.05, 4.69) is 58.2 Å². The molecular weight excluding hydrogens is 410 g/mol. The highest BCUT2D eigenvalue weighted by Crippen LogP contribution is 2.25. The number of furan rings is 1. The maximum absolute atomic E-state index is 13.0. The molecule has 0 saturated carbocycles. The van der Waals surface area contributed by atoms with Gasteiger partial charge in [-0.1, -0.05) is 53.3 Å². The van der Waals surface area contributed by atoms with Crippen molar-refractivity contribution >= 4 is 22.6 Å². The van der Waals surface area contributed by atoms with Crippen molar-refractivity contribution in [2.24, 2.45) is 17.1 Å². The monoisotopic (exact) mass is 451 g/mol. The maximum Gasteiger partial charge on any atom is 0.223 e. The van der Waals surface area contributed by atoms with Gasteiger partial charge in [0.15, 0.2) is 0 Å². The number of allylic oxidation sites excluding steroid dienone is 2. The number of rotatable bonds is 12. The molecule has 1 amide bonds. The first-order valence-electron chi connectivity index (χ1n) is 11.8. The van der Waals surface area contributed by atoms with Gasteiger partial charge < -0.3 is 20.0 Å². The highest BCUT2D eigenvalue weighted by molar-refractivity contribution is 5.81. The molecule has 2 N–H and O–H groups in total. The number of benzene rings is 1. The lowest BCUT2D eigenvalue weighted by Gasteiger charge is -2.30. The minimum absolute atomic E-state index is 0.0166. The van der Waals surface area contributed by atoms with Crippen LogP contribution in [0.5, 0.6) is 0 Å². The second-order valence-corrected chi connectivity index (χ2v) is 10.2. The van der Waals surface area contributed by atoms with Gasteiger partial charge in [-0.3, -0.25) is 4.79 Å². The van der Waals surface area contributed by atoms with Gasteiger partial charge in [-0.25, -0.2) is 0 Å². The zero-order valence-electron chi connectivity index (χ0n) is 21.0. The van der Waals surface area contributed by atoms with Crippen LogP contribution >= 0.6 is 0 Å². The lowest BCUT2D eigenvalue weighted by atomic mass is 9.91. The Hall–Kier alpha value is -2.95. The van der Waals surface area contributed by atoms with Gasteiger partial charge in [0, 0.05) is 43.7 Å². The number of anilines is 1. The van der Waals surface area contributed by atoms with Crippen LogP contribution in [-0.2, 0) is 4.79 Å². The molecule has 0 fully saturated rings. The average Bonchev–Trinajstić information content (AvgIpc) is 3.19. The van der Waals surface area contributed by atoms with Crippen LogP contribution in [0.1, 0.15) is 47.5 Å². The van der Waals surface area contributed by atoms with Crippen molar-refractivity contribution in [2.45, 2.75) is 47.5 Å². The van der Waals surface area contributed by atoms with E-state index in [1.54, 1.807) is 18.5 Å². The van der Waals surface area contributed by atoms with Crippen LogP contribution in [0.4, 0.5) is 5.69 Å².